The second-order valence-corrected chi connectivity index (χ2v) is 5.33. The van der Waals surface area contributed by atoms with Crippen molar-refractivity contribution in [2.75, 3.05) is 5.32 Å². The number of amides is 1. The van der Waals surface area contributed by atoms with Crippen LogP contribution in [0.4, 0.5) is 10.1 Å². The fraction of sp³-hybridized carbons (Fsp3) is 0.0500. The van der Waals surface area contributed by atoms with Crippen molar-refractivity contribution in [3.63, 3.8) is 0 Å². The third-order valence-corrected chi connectivity index (χ3v) is 3.39. The van der Waals surface area contributed by atoms with Gasteiger partial charge in [0.1, 0.15) is 5.82 Å². The molecule has 3 aromatic rings. The van der Waals surface area contributed by atoms with Crippen LogP contribution in [0.15, 0.2) is 61.1 Å². The quantitative estimate of drug-likeness (QED) is 0.730. The van der Waals surface area contributed by atoms with Crippen LogP contribution < -0.4 is 5.32 Å². The van der Waals surface area contributed by atoms with Crippen molar-refractivity contribution in [2.24, 2.45) is 0 Å². The number of benzene rings is 1. The van der Waals surface area contributed by atoms with Gasteiger partial charge in [0.25, 0.3) is 5.91 Å². The van der Waals surface area contributed by atoms with Crippen LogP contribution in [0.3, 0.4) is 0 Å². The Bertz CT molecular complexity index is 958. The minimum atomic E-state index is -0.607. The van der Waals surface area contributed by atoms with Gasteiger partial charge in [0, 0.05) is 29.2 Å². The van der Waals surface area contributed by atoms with E-state index in [2.05, 4.69) is 27.1 Å². The number of nitrogens with zero attached hydrogens (tertiary/aromatic N) is 2. The number of carbonyl (C=O) groups excluding carboxylic acids is 1. The van der Waals surface area contributed by atoms with Crippen LogP contribution in [0.1, 0.15) is 27.2 Å². The van der Waals surface area contributed by atoms with E-state index in [4.69, 9.17) is 0 Å². The Labute approximate surface area is 144 Å². The zero-order valence-corrected chi connectivity index (χ0v) is 13.5. The first-order valence-corrected chi connectivity index (χ1v) is 7.57. The first-order chi connectivity index (χ1) is 12.1. The van der Waals surface area contributed by atoms with Crippen molar-refractivity contribution >= 4 is 11.6 Å². The molecule has 1 N–H and O–H groups in total. The lowest BCUT2D eigenvalue weighted by atomic mass is 10.1. The number of hydrogen-bond acceptors (Lipinski definition) is 3. The van der Waals surface area contributed by atoms with Gasteiger partial charge in [-0.1, -0.05) is 11.8 Å². The normalized spacial score (nSPS) is 9.84. The molecule has 122 valence electrons. The van der Waals surface area contributed by atoms with Crippen LogP contribution in [0, 0.1) is 24.6 Å². The van der Waals surface area contributed by atoms with Crippen LogP contribution in [0.25, 0.3) is 0 Å². The van der Waals surface area contributed by atoms with E-state index in [0.717, 1.165) is 11.3 Å². The maximum Gasteiger partial charge on any atom is 0.258 e. The lowest BCUT2D eigenvalue weighted by Crippen LogP contribution is -2.14. The highest BCUT2D eigenvalue weighted by Crippen LogP contribution is 2.13. The first-order valence-electron chi connectivity index (χ1n) is 7.57. The summed E-state index contributed by atoms with van der Waals surface area (Å²) in [5.74, 6) is 4.71. The van der Waals surface area contributed by atoms with E-state index in [0.29, 0.717) is 11.3 Å². The molecule has 0 aliphatic carbocycles. The molecule has 0 bridgehead atoms. The molecule has 0 atom stereocenters. The average Bonchev–Trinajstić information content (AvgIpc) is 2.63. The molecule has 0 saturated carbocycles. The molecule has 2 aromatic heterocycles. The van der Waals surface area contributed by atoms with Crippen molar-refractivity contribution in [1.29, 1.82) is 0 Å². The Morgan fingerprint density at radius 2 is 1.88 bits per heavy atom. The van der Waals surface area contributed by atoms with Gasteiger partial charge in [-0.3, -0.25) is 14.8 Å². The van der Waals surface area contributed by atoms with Crippen molar-refractivity contribution in [1.82, 2.24) is 9.97 Å². The molecular formula is C20H14FN3O. The summed E-state index contributed by atoms with van der Waals surface area (Å²) in [7, 11) is 0. The SMILES string of the molecule is Cc1ccc(C#Cc2ccc(F)c(C(=O)Nc3cccnc3)c2)cn1. The largest absolute Gasteiger partial charge is 0.320 e. The van der Waals surface area contributed by atoms with Gasteiger partial charge in [-0.15, -0.1) is 0 Å². The van der Waals surface area contributed by atoms with E-state index in [1.54, 1.807) is 24.5 Å². The molecule has 4 nitrogen and oxygen atoms in total. The van der Waals surface area contributed by atoms with E-state index in [9.17, 15) is 9.18 Å². The number of anilines is 1. The summed E-state index contributed by atoms with van der Waals surface area (Å²) >= 11 is 0. The summed E-state index contributed by atoms with van der Waals surface area (Å²) in [5, 5.41) is 2.61. The summed E-state index contributed by atoms with van der Waals surface area (Å²) in [6.45, 7) is 1.89. The Morgan fingerprint density at radius 1 is 1.08 bits per heavy atom. The number of aryl methyl sites for hydroxylation is 1. The maximum atomic E-state index is 14.0. The highest BCUT2D eigenvalue weighted by molar-refractivity contribution is 6.04. The van der Waals surface area contributed by atoms with Gasteiger partial charge in [-0.05, 0) is 49.4 Å². The fourth-order valence-corrected chi connectivity index (χ4v) is 2.10. The Kier molecular flexibility index (Phi) is 4.82. The van der Waals surface area contributed by atoms with Crippen molar-refractivity contribution < 1.29 is 9.18 Å². The Hall–Kier alpha value is -3.52. The van der Waals surface area contributed by atoms with Gasteiger partial charge in [-0.2, -0.15) is 0 Å². The summed E-state index contributed by atoms with van der Waals surface area (Å²) in [6.07, 6.45) is 4.75. The summed E-state index contributed by atoms with van der Waals surface area (Å²) in [6, 6.07) is 11.3. The topological polar surface area (TPSA) is 54.9 Å². The summed E-state index contributed by atoms with van der Waals surface area (Å²) in [4.78, 5) is 20.3. The zero-order chi connectivity index (χ0) is 17.6. The van der Waals surface area contributed by atoms with Crippen LogP contribution in [-0.4, -0.2) is 15.9 Å². The number of nitrogens with one attached hydrogen (secondary N) is 1. The van der Waals surface area contributed by atoms with Gasteiger partial charge in [0.2, 0.25) is 0 Å². The molecule has 2 heterocycles. The van der Waals surface area contributed by atoms with Gasteiger partial charge in [0.05, 0.1) is 17.4 Å². The average molecular weight is 331 g/mol. The molecule has 5 heteroatoms. The van der Waals surface area contributed by atoms with Crippen molar-refractivity contribution in [2.45, 2.75) is 6.92 Å². The second kappa shape index (κ2) is 7.37. The number of hydrogen-bond donors (Lipinski definition) is 1. The minimum absolute atomic E-state index is 0.0716. The van der Waals surface area contributed by atoms with Crippen LogP contribution in [0.5, 0.6) is 0 Å². The molecule has 0 aliphatic rings. The van der Waals surface area contributed by atoms with Gasteiger partial charge < -0.3 is 5.32 Å². The van der Waals surface area contributed by atoms with Crippen molar-refractivity contribution in [3.8, 4) is 11.8 Å². The Morgan fingerprint density at radius 3 is 2.60 bits per heavy atom. The highest BCUT2D eigenvalue weighted by Gasteiger charge is 2.12. The van der Waals surface area contributed by atoms with Gasteiger partial charge in [0.15, 0.2) is 0 Å². The number of halogens is 1. The highest BCUT2D eigenvalue weighted by atomic mass is 19.1. The second-order valence-electron chi connectivity index (χ2n) is 5.33. The number of carbonyl (C=O) groups is 1. The predicted octanol–water partition coefficient (Wildman–Crippen LogP) is 3.58. The number of pyridine rings is 2. The van der Waals surface area contributed by atoms with E-state index in [1.807, 2.05) is 19.1 Å². The molecule has 0 saturated heterocycles. The molecule has 0 unspecified atom stereocenters. The van der Waals surface area contributed by atoms with Gasteiger partial charge in [-0.25, -0.2) is 4.39 Å². The molecule has 0 spiro atoms. The molecule has 0 radical (unpaired) electrons. The molecule has 0 fully saturated rings. The van der Waals surface area contributed by atoms with Gasteiger partial charge >= 0.3 is 0 Å². The molecule has 25 heavy (non-hydrogen) atoms. The van der Waals surface area contributed by atoms with E-state index < -0.39 is 11.7 Å². The molecular weight excluding hydrogens is 317 g/mol. The lowest BCUT2D eigenvalue weighted by Gasteiger charge is -2.06. The number of aromatic nitrogens is 2. The maximum absolute atomic E-state index is 14.0. The summed E-state index contributed by atoms with van der Waals surface area (Å²) in [5.41, 5.74) is 2.61. The van der Waals surface area contributed by atoms with Crippen molar-refractivity contribution in [3.05, 3.63) is 89.3 Å². The first kappa shape index (κ1) is 16.3. The molecule has 3 rings (SSSR count). The third-order valence-electron chi connectivity index (χ3n) is 3.39. The monoisotopic (exact) mass is 331 g/mol. The molecule has 0 aliphatic heterocycles. The van der Waals surface area contributed by atoms with E-state index in [-0.39, 0.29) is 5.56 Å². The third kappa shape index (κ3) is 4.27. The fourth-order valence-electron chi connectivity index (χ4n) is 2.10. The number of rotatable bonds is 2. The standard InChI is InChI=1S/C20H14FN3O/c1-14-4-5-16(12-23-14)7-6-15-8-9-19(21)18(11-15)20(25)24-17-3-2-10-22-13-17/h2-5,8-13H,1H3,(H,24,25). The Balaban J connectivity index is 1.83. The smallest absolute Gasteiger partial charge is 0.258 e. The van der Waals surface area contributed by atoms with E-state index >= 15 is 0 Å². The predicted molar refractivity (Wildman–Crippen MR) is 93.5 cm³/mol. The van der Waals surface area contributed by atoms with E-state index in [1.165, 1.54) is 24.4 Å². The lowest BCUT2D eigenvalue weighted by molar-refractivity contribution is 0.102. The molecule has 1 amide bonds. The van der Waals surface area contributed by atoms with Crippen LogP contribution >= 0.6 is 0 Å². The molecule has 1 aromatic carbocycles. The minimum Gasteiger partial charge on any atom is -0.320 e. The summed E-state index contributed by atoms with van der Waals surface area (Å²) < 4.78 is 14.0. The van der Waals surface area contributed by atoms with Crippen LogP contribution in [0.2, 0.25) is 0 Å². The zero-order valence-electron chi connectivity index (χ0n) is 13.5. The van der Waals surface area contributed by atoms with Crippen LogP contribution in [-0.2, 0) is 0 Å².